The molecule has 8 heteroatoms. The maximum Gasteiger partial charge on any atom is 0.251 e. The first-order valence-corrected chi connectivity index (χ1v) is 11.9. The van der Waals surface area contributed by atoms with Crippen LogP contribution in [0.15, 0.2) is 47.4 Å². The predicted octanol–water partition coefficient (Wildman–Crippen LogP) is 3.05. The monoisotopic (exact) mass is 444 g/mol. The normalized spacial score (nSPS) is 21.1. The van der Waals surface area contributed by atoms with Gasteiger partial charge in [-0.05, 0) is 45.0 Å². The molecule has 1 unspecified atom stereocenters. The van der Waals surface area contributed by atoms with Gasteiger partial charge < -0.3 is 14.8 Å². The summed E-state index contributed by atoms with van der Waals surface area (Å²) in [7, 11) is -3.67. The Bertz CT molecular complexity index is 1090. The number of hydrogen-bond donors (Lipinski definition) is 1. The van der Waals surface area contributed by atoms with Crippen LogP contribution in [0.25, 0.3) is 0 Å². The second-order valence-corrected chi connectivity index (χ2v) is 10.6. The lowest BCUT2D eigenvalue weighted by Gasteiger charge is -2.38. The van der Waals surface area contributed by atoms with Crippen molar-refractivity contribution in [2.24, 2.45) is 0 Å². The van der Waals surface area contributed by atoms with E-state index in [0.29, 0.717) is 38.3 Å². The summed E-state index contributed by atoms with van der Waals surface area (Å²) in [6, 6.07) is 11.9. The van der Waals surface area contributed by atoms with Gasteiger partial charge in [0.1, 0.15) is 11.4 Å². The minimum Gasteiger partial charge on any atom is -0.487 e. The van der Waals surface area contributed by atoms with Crippen LogP contribution in [0.1, 0.15) is 47.8 Å². The van der Waals surface area contributed by atoms with Gasteiger partial charge in [0, 0.05) is 30.6 Å². The van der Waals surface area contributed by atoms with E-state index in [9.17, 15) is 13.2 Å². The molecule has 2 aliphatic rings. The summed E-state index contributed by atoms with van der Waals surface area (Å²) in [6.07, 6.45) is 0.612. The van der Waals surface area contributed by atoms with Crippen molar-refractivity contribution in [3.8, 4) is 5.75 Å². The zero-order chi connectivity index (χ0) is 22.2. The van der Waals surface area contributed by atoms with Crippen molar-refractivity contribution in [3.63, 3.8) is 0 Å². The molecule has 1 fully saturated rings. The average molecular weight is 445 g/mol. The zero-order valence-corrected chi connectivity index (χ0v) is 18.9. The van der Waals surface area contributed by atoms with Crippen LogP contribution in [-0.4, -0.2) is 50.5 Å². The van der Waals surface area contributed by atoms with Gasteiger partial charge in [0.25, 0.3) is 5.91 Å². The minimum absolute atomic E-state index is 0.116. The van der Waals surface area contributed by atoms with E-state index in [2.05, 4.69) is 5.32 Å². The Balaban J connectivity index is 1.59. The molecule has 0 spiro atoms. The number of carbonyl (C=O) groups is 1. The van der Waals surface area contributed by atoms with Crippen molar-refractivity contribution >= 4 is 15.9 Å². The number of rotatable bonds is 4. The third kappa shape index (κ3) is 4.61. The number of amides is 1. The molecule has 0 aromatic heterocycles. The van der Waals surface area contributed by atoms with Crippen molar-refractivity contribution in [2.75, 3.05) is 26.3 Å². The fourth-order valence-corrected chi connectivity index (χ4v) is 5.53. The van der Waals surface area contributed by atoms with Gasteiger partial charge in [-0.2, -0.15) is 4.31 Å². The van der Waals surface area contributed by atoms with E-state index in [4.69, 9.17) is 9.47 Å². The first-order chi connectivity index (χ1) is 14.7. The molecule has 0 radical (unpaired) electrons. The van der Waals surface area contributed by atoms with E-state index in [0.717, 1.165) is 16.9 Å². The van der Waals surface area contributed by atoms with E-state index >= 15 is 0 Å². The molecule has 2 heterocycles. The summed E-state index contributed by atoms with van der Waals surface area (Å²) >= 11 is 0. The van der Waals surface area contributed by atoms with Crippen molar-refractivity contribution in [1.82, 2.24) is 9.62 Å². The molecule has 4 rings (SSSR count). The molecule has 31 heavy (non-hydrogen) atoms. The summed E-state index contributed by atoms with van der Waals surface area (Å²) in [5.41, 5.74) is 1.90. The van der Waals surface area contributed by atoms with Gasteiger partial charge in [0.15, 0.2) is 0 Å². The van der Waals surface area contributed by atoms with E-state index in [-0.39, 0.29) is 16.8 Å². The van der Waals surface area contributed by atoms with Gasteiger partial charge in [0.05, 0.1) is 24.2 Å². The van der Waals surface area contributed by atoms with E-state index in [1.807, 2.05) is 39.0 Å². The summed E-state index contributed by atoms with van der Waals surface area (Å²) in [5, 5.41) is 3.09. The Morgan fingerprint density at radius 2 is 1.87 bits per heavy atom. The molecule has 0 saturated carbocycles. The zero-order valence-electron chi connectivity index (χ0n) is 18.1. The van der Waals surface area contributed by atoms with Crippen molar-refractivity contribution < 1.29 is 22.7 Å². The number of fused-ring (bicyclic) bond motifs is 1. The molecule has 1 saturated heterocycles. The summed E-state index contributed by atoms with van der Waals surface area (Å²) in [6.45, 7) is 7.35. The second kappa shape index (κ2) is 8.26. The maximum absolute atomic E-state index is 13.1. The lowest BCUT2D eigenvalue weighted by molar-refractivity contribution is 0.0619. The Kier molecular flexibility index (Phi) is 5.81. The molecule has 2 aromatic carbocycles. The fraction of sp³-hybridized carbons (Fsp3) is 0.435. The number of benzene rings is 2. The number of carbonyl (C=O) groups excluding carboxylic acids is 1. The molecular formula is C23H28N2O5S. The van der Waals surface area contributed by atoms with Crippen LogP contribution in [0.5, 0.6) is 5.75 Å². The van der Waals surface area contributed by atoms with Crippen LogP contribution in [0, 0.1) is 6.92 Å². The van der Waals surface area contributed by atoms with Gasteiger partial charge in [-0.1, -0.05) is 23.8 Å². The van der Waals surface area contributed by atoms with E-state index in [1.54, 1.807) is 12.1 Å². The molecule has 2 aliphatic heterocycles. The Morgan fingerprint density at radius 1 is 1.13 bits per heavy atom. The quantitative estimate of drug-likeness (QED) is 0.784. The first-order valence-electron chi connectivity index (χ1n) is 10.4. The van der Waals surface area contributed by atoms with Crippen LogP contribution >= 0.6 is 0 Å². The molecule has 7 nitrogen and oxygen atoms in total. The van der Waals surface area contributed by atoms with E-state index in [1.165, 1.54) is 16.4 Å². The maximum atomic E-state index is 13.1. The van der Waals surface area contributed by atoms with Gasteiger partial charge in [-0.15, -0.1) is 0 Å². The average Bonchev–Trinajstić information content (AvgIpc) is 2.74. The number of nitrogens with zero attached hydrogens (tertiary/aromatic N) is 1. The molecule has 0 bridgehead atoms. The molecule has 1 atom stereocenters. The second-order valence-electron chi connectivity index (χ2n) is 8.68. The molecule has 2 aromatic rings. The third-order valence-corrected chi connectivity index (χ3v) is 7.53. The SMILES string of the molecule is Cc1ccc2c(c1)C(NC(=O)c1cccc(S(=O)(=O)N3CCOCC3)c1)CC(C)(C)O2. The summed E-state index contributed by atoms with van der Waals surface area (Å²) in [5.74, 6) is 0.449. The summed E-state index contributed by atoms with van der Waals surface area (Å²) < 4.78 is 38.6. The van der Waals surface area contributed by atoms with Crippen molar-refractivity contribution in [1.29, 1.82) is 0 Å². The highest BCUT2D eigenvalue weighted by atomic mass is 32.2. The molecule has 0 aliphatic carbocycles. The highest BCUT2D eigenvalue weighted by Crippen LogP contribution is 2.40. The van der Waals surface area contributed by atoms with Gasteiger partial charge in [-0.3, -0.25) is 4.79 Å². The first kappa shape index (κ1) is 21.8. The minimum atomic E-state index is -3.67. The third-order valence-electron chi connectivity index (χ3n) is 5.63. The topological polar surface area (TPSA) is 84.9 Å². The molecule has 1 N–H and O–H groups in total. The van der Waals surface area contributed by atoms with E-state index < -0.39 is 15.6 Å². The van der Waals surface area contributed by atoms with Gasteiger partial charge >= 0.3 is 0 Å². The van der Waals surface area contributed by atoms with Gasteiger partial charge in [0.2, 0.25) is 10.0 Å². The molecule has 1 amide bonds. The molecular weight excluding hydrogens is 416 g/mol. The van der Waals surface area contributed by atoms with Gasteiger partial charge in [-0.25, -0.2) is 8.42 Å². The fourth-order valence-electron chi connectivity index (χ4n) is 4.08. The standard InChI is InChI=1S/C23H28N2O5S/c1-16-7-8-21-19(13-16)20(15-23(2,3)30-21)24-22(26)17-5-4-6-18(14-17)31(27,28)25-9-11-29-12-10-25/h4-8,13-14,20H,9-12,15H2,1-3H3,(H,24,26). The Morgan fingerprint density at radius 3 is 2.61 bits per heavy atom. The number of nitrogens with one attached hydrogen (secondary N) is 1. The lowest BCUT2D eigenvalue weighted by atomic mass is 9.88. The van der Waals surface area contributed by atoms with Crippen molar-refractivity contribution in [3.05, 3.63) is 59.2 Å². The highest BCUT2D eigenvalue weighted by Gasteiger charge is 2.35. The summed E-state index contributed by atoms with van der Waals surface area (Å²) in [4.78, 5) is 13.2. The van der Waals surface area contributed by atoms with Crippen LogP contribution in [0.4, 0.5) is 0 Å². The Hall–Kier alpha value is -2.42. The predicted molar refractivity (Wildman–Crippen MR) is 117 cm³/mol. The number of ether oxygens (including phenoxy) is 2. The Labute approximate surface area is 183 Å². The highest BCUT2D eigenvalue weighted by molar-refractivity contribution is 7.89. The van der Waals surface area contributed by atoms with Crippen LogP contribution in [-0.2, 0) is 14.8 Å². The van der Waals surface area contributed by atoms with Crippen LogP contribution in [0.2, 0.25) is 0 Å². The molecule has 166 valence electrons. The van der Waals surface area contributed by atoms with Crippen LogP contribution < -0.4 is 10.1 Å². The smallest absolute Gasteiger partial charge is 0.251 e. The number of aryl methyl sites for hydroxylation is 1. The number of sulfonamides is 1. The van der Waals surface area contributed by atoms with Crippen molar-refractivity contribution in [2.45, 2.75) is 43.7 Å². The number of hydrogen-bond acceptors (Lipinski definition) is 5. The number of morpholine rings is 1. The lowest BCUT2D eigenvalue weighted by Crippen LogP contribution is -2.41. The van der Waals surface area contributed by atoms with Crippen LogP contribution in [0.3, 0.4) is 0 Å². The largest absolute Gasteiger partial charge is 0.487 e.